The van der Waals surface area contributed by atoms with Crippen molar-refractivity contribution in [2.75, 3.05) is 0 Å². The first-order chi connectivity index (χ1) is 24.7. The second kappa shape index (κ2) is 10.8. The van der Waals surface area contributed by atoms with Crippen molar-refractivity contribution in [2.45, 2.75) is 43.9 Å². The standard InChI is InChI=1S/C46H36N2O2/c1-3-7-31(8-4-1)40-20-34(21-41(48-40)32-9-5-2-6-10-32)37-16-15-36(44-45(37)49-27-47-44)33-11-13-38-39-14-12-35(23-43(39)50-42(38)22-33)46-24-28-17-29(25-46)19-30(18-28)26-46/h1-16,20-23,27-30H,17-19,24-26H2. The molecule has 0 atom stereocenters. The zero-order valence-corrected chi connectivity index (χ0v) is 27.8. The Labute approximate surface area is 290 Å². The fourth-order valence-electron chi connectivity index (χ4n) is 10.3. The molecule has 3 heterocycles. The van der Waals surface area contributed by atoms with Gasteiger partial charge in [-0.15, -0.1) is 0 Å². The van der Waals surface area contributed by atoms with Crippen LogP contribution in [0.4, 0.5) is 0 Å². The lowest BCUT2D eigenvalue weighted by Crippen LogP contribution is -2.48. The minimum absolute atomic E-state index is 0.353. The van der Waals surface area contributed by atoms with E-state index in [0.717, 1.165) is 90.2 Å². The van der Waals surface area contributed by atoms with Crippen LogP contribution in [0, 0.1) is 17.8 Å². The van der Waals surface area contributed by atoms with Crippen molar-refractivity contribution >= 4 is 33.0 Å². The third kappa shape index (κ3) is 4.44. The Bertz CT molecular complexity index is 2490. The highest BCUT2D eigenvalue weighted by Gasteiger charge is 2.51. The smallest absolute Gasteiger partial charge is 0.182 e. The Morgan fingerprint density at radius 1 is 0.540 bits per heavy atom. The van der Waals surface area contributed by atoms with E-state index in [2.05, 4.69) is 109 Å². The van der Waals surface area contributed by atoms with Crippen molar-refractivity contribution in [3.8, 4) is 44.8 Å². The van der Waals surface area contributed by atoms with Crippen LogP contribution in [0.15, 0.2) is 137 Å². The van der Waals surface area contributed by atoms with Crippen LogP contribution in [-0.2, 0) is 5.41 Å². The summed E-state index contributed by atoms with van der Waals surface area (Å²) in [5.41, 5.74) is 13.5. The molecule has 4 heteroatoms. The lowest BCUT2D eigenvalue weighted by Gasteiger charge is -2.57. The van der Waals surface area contributed by atoms with Gasteiger partial charge >= 0.3 is 0 Å². The molecule has 4 aliphatic rings. The third-order valence-electron chi connectivity index (χ3n) is 12.2. The van der Waals surface area contributed by atoms with Crippen molar-refractivity contribution in [1.82, 2.24) is 9.97 Å². The minimum Gasteiger partial charge on any atom is -0.456 e. The van der Waals surface area contributed by atoms with Gasteiger partial charge in [-0.3, -0.25) is 0 Å². The van der Waals surface area contributed by atoms with E-state index in [1.165, 1.54) is 49.5 Å². The first-order valence-electron chi connectivity index (χ1n) is 18.1. The summed E-state index contributed by atoms with van der Waals surface area (Å²) < 4.78 is 12.8. The predicted molar refractivity (Wildman–Crippen MR) is 201 cm³/mol. The first-order valence-corrected chi connectivity index (χ1v) is 18.1. The molecule has 50 heavy (non-hydrogen) atoms. The van der Waals surface area contributed by atoms with Gasteiger partial charge in [0, 0.05) is 33.0 Å². The van der Waals surface area contributed by atoms with Gasteiger partial charge in [-0.25, -0.2) is 9.97 Å². The van der Waals surface area contributed by atoms with Gasteiger partial charge in [-0.1, -0.05) is 84.9 Å². The fraction of sp³-hybridized carbons (Fsp3) is 0.217. The number of hydrogen-bond acceptors (Lipinski definition) is 4. The second-order valence-corrected chi connectivity index (χ2v) is 15.3. The van der Waals surface area contributed by atoms with E-state index in [4.69, 9.17) is 18.8 Å². The molecule has 4 nitrogen and oxygen atoms in total. The quantitative estimate of drug-likeness (QED) is 0.186. The molecule has 0 aliphatic heterocycles. The van der Waals surface area contributed by atoms with Crippen molar-refractivity contribution < 1.29 is 8.83 Å². The number of oxazole rings is 1. The maximum atomic E-state index is 6.66. The largest absolute Gasteiger partial charge is 0.456 e. The van der Waals surface area contributed by atoms with Gasteiger partial charge in [0.25, 0.3) is 0 Å². The predicted octanol–water partition coefficient (Wildman–Crippen LogP) is 12.3. The molecule has 0 spiro atoms. The van der Waals surface area contributed by atoms with Gasteiger partial charge in [0.1, 0.15) is 16.7 Å². The number of hydrogen-bond donors (Lipinski definition) is 0. The van der Waals surface area contributed by atoms with Crippen LogP contribution in [-0.4, -0.2) is 9.97 Å². The van der Waals surface area contributed by atoms with Crippen LogP contribution in [0.1, 0.15) is 44.1 Å². The van der Waals surface area contributed by atoms with Gasteiger partial charge < -0.3 is 8.83 Å². The average molecular weight is 649 g/mol. The Morgan fingerprint density at radius 3 is 1.80 bits per heavy atom. The number of rotatable bonds is 5. The molecule has 0 N–H and O–H groups in total. The van der Waals surface area contributed by atoms with Crippen LogP contribution in [0.3, 0.4) is 0 Å². The molecule has 8 aromatic rings. The Kier molecular flexibility index (Phi) is 6.10. The lowest BCUT2D eigenvalue weighted by atomic mass is 9.48. The van der Waals surface area contributed by atoms with Gasteiger partial charge in [0.15, 0.2) is 12.0 Å². The maximum Gasteiger partial charge on any atom is 0.182 e. The van der Waals surface area contributed by atoms with Crippen LogP contribution < -0.4 is 0 Å². The Balaban J connectivity index is 0.996. The van der Waals surface area contributed by atoms with Crippen LogP contribution >= 0.6 is 0 Å². The normalized spacial score (nSPS) is 22.6. The summed E-state index contributed by atoms with van der Waals surface area (Å²) >= 11 is 0. The summed E-state index contributed by atoms with van der Waals surface area (Å²) in [6, 6.07) is 43.0. The van der Waals surface area contributed by atoms with E-state index >= 15 is 0 Å². The molecule has 3 aromatic heterocycles. The van der Waals surface area contributed by atoms with Gasteiger partial charge in [-0.2, -0.15) is 0 Å². The van der Waals surface area contributed by atoms with Gasteiger partial charge in [0.2, 0.25) is 0 Å². The average Bonchev–Trinajstić information content (AvgIpc) is 3.79. The summed E-state index contributed by atoms with van der Waals surface area (Å²) in [7, 11) is 0. The maximum absolute atomic E-state index is 6.66. The van der Waals surface area contributed by atoms with Gasteiger partial charge in [0.05, 0.1) is 11.4 Å². The number of aromatic nitrogens is 2. The van der Waals surface area contributed by atoms with Gasteiger partial charge in [-0.05, 0) is 115 Å². The summed E-state index contributed by atoms with van der Waals surface area (Å²) in [6.45, 7) is 0. The molecule has 4 bridgehead atoms. The Morgan fingerprint density at radius 2 is 1.14 bits per heavy atom. The molecule has 0 radical (unpaired) electrons. The van der Waals surface area contributed by atoms with E-state index < -0.39 is 0 Å². The highest BCUT2D eigenvalue weighted by atomic mass is 16.3. The highest BCUT2D eigenvalue weighted by molar-refractivity contribution is 6.07. The van der Waals surface area contributed by atoms with Crippen LogP contribution in [0.25, 0.3) is 77.8 Å². The number of furan rings is 1. The number of pyridine rings is 1. The second-order valence-electron chi connectivity index (χ2n) is 15.3. The minimum atomic E-state index is 0.353. The monoisotopic (exact) mass is 648 g/mol. The molecular weight excluding hydrogens is 613 g/mol. The first kappa shape index (κ1) is 28.4. The van der Waals surface area contributed by atoms with Crippen LogP contribution in [0.5, 0.6) is 0 Å². The lowest BCUT2D eigenvalue weighted by molar-refractivity contribution is -0.00515. The summed E-state index contributed by atoms with van der Waals surface area (Å²) in [5.74, 6) is 2.76. The number of nitrogens with zero attached hydrogens (tertiary/aromatic N) is 2. The summed E-state index contributed by atoms with van der Waals surface area (Å²) in [5, 5.41) is 2.36. The van der Waals surface area contributed by atoms with E-state index in [-0.39, 0.29) is 0 Å². The van der Waals surface area contributed by atoms with E-state index in [0.29, 0.717) is 5.41 Å². The molecule has 0 saturated heterocycles. The molecule has 0 unspecified atom stereocenters. The number of benzene rings is 5. The fourth-order valence-corrected chi connectivity index (χ4v) is 10.3. The van der Waals surface area contributed by atoms with Crippen molar-refractivity contribution in [3.05, 3.63) is 133 Å². The summed E-state index contributed by atoms with van der Waals surface area (Å²) in [6.07, 6.45) is 10.0. The zero-order valence-electron chi connectivity index (χ0n) is 27.8. The number of fused-ring (bicyclic) bond motifs is 4. The molecule has 0 amide bonds. The molecule has 5 aromatic carbocycles. The molecule has 12 rings (SSSR count). The van der Waals surface area contributed by atoms with Crippen LogP contribution in [0.2, 0.25) is 0 Å². The van der Waals surface area contributed by atoms with E-state index in [9.17, 15) is 0 Å². The van der Waals surface area contributed by atoms with Crippen molar-refractivity contribution in [1.29, 1.82) is 0 Å². The van der Waals surface area contributed by atoms with E-state index in [1.54, 1.807) is 6.39 Å². The molecular formula is C46H36N2O2. The van der Waals surface area contributed by atoms with Crippen molar-refractivity contribution in [2.24, 2.45) is 17.8 Å². The Hall–Kier alpha value is -5.48. The molecule has 242 valence electrons. The highest BCUT2D eigenvalue weighted by Crippen LogP contribution is 2.61. The molecule has 4 saturated carbocycles. The zero-order chi connectivity index (χ0) is 32.8. The third-order valence-corrected chi connectivity index (χ3v) is 12.2. The SMILES string of the molecule is c1ccc(-c2cc(-c3ccc(-c4ccc5c(c4)oc4cc(C67CC8CC(CC(C8)C6)C7)ccc45)c4ncoc34)cc(-c3ccccc3)n2)cc1. The molecule has 4 aliphatic carbocycles. The van der Waals surface area contributed by atoms with Crippen molar-refractivity contribution in [3.63, 3.8) is 0 Å². The molecule has 4 fully saturated rings. The summed E-state index contributed by atoms with van der Waals surface area (Å²) in [4.78, 5) is 9.83. The van der Waals surface area contributed by atoms with E-state index in [1.807, 2.05) is 12.1 Å². The topological polar surface area (TPSA) is 52.1 Å².